The Morgan fingerprint density at radius 2 is 2.20 bits per heavy atom. The van der Waals surface area contributed by atoms with E-state index in [-0.39, 0.29) is 17.9 Å². The molecule has 0 aromatic carbocycles. The quantitative estimate of drug-likeness (QED) is 0.620. The van der Waals surface area contributed by atoms with Gasteiger partial charge in [-0.25, -0.2) is 4.79 Å². The zero-order valence-corrected chi connectivity index (χ0v) is 9.57. The molecule has 0 radical (unpaired) electrons. The molecule has 1 unspecified atom stereocenters. The first-order valence-electron chi connectivity index (χ1n) is 4.87. The Hall–Kier alpha value is -1.26. The maximum atomic E-state index is 11.3. The second-order valence-electron chi connectivity index (χ2n) is 4.81. The topological polar surface area (TPSA) is 55.8 Å². The van der Waals surface area contributed by atoms with Crippen LogP contribution >= 0.6 is 0 Å². The summed E-state index contributed by atoms with van der Waals surface area (Å²) in [7, 11) is 1.29. The Labute approximate surface area is 89.3 Å². The summed E-state index contributed by atoms with van der Waals surface area (Å²) in [5.74, 6) is -0.380. The van der Waals surface area contributed by atoms with Gasteiger partial charge in [0, 0.05) is 6.42 Å². The third kappa shape index (κ3) is 3.11. The van der Waals surface area contributed by atoms with Crippen LogP contribution in [0, 0.1) is 5.41 Å². The smallest absolute Gasteiger partial charge is 0.412 e. The van der Waals surface area contributed by atoms with Gasteiger partial charge in [-0.2, -0.15) is 0 Å². The van der Waals surface area contributed by atoms with Crippen LogP contribution in [0.5, 0.6) is 0 Å². The number of nitrogens with zero attached hydrogens (tertiary/aromatic N) is 1. The SMILES string of the molecule is COC(=O)N1CC(=O)OC1CC(C)(C)C. The number of amides is 1. The van der Waals surface area contributed by atoms with Crippen molar-refractivity contribution >= 4 is 12.1 Å². The lowest BCUT2D eigenvalue weighted by molar-refractivity contribution is -0.142. The van der Waals surface area contributed by atoms with Crippen LogP contribution in [0.3, 0.4) is 0 Å². The number of carbonyl (C=O) groups excluding carboxylic acids is 2. The minimum absolute atomic E-state index is 0.0123. The number of methoxy groups -OCH3 is 1. The third-order valence-electron chi connectivity index (χ3n) is 2.11. The van der Waals surface area contributed by atoms with Crippen LogP contribution in [0.2, 0.25) is 0 Å². The normalized spacial score (nSPS) is 21.5. The highest BCUT2D eigenvalue weighted by Gasteiger charge is 2.38. The van der Waals surface area contributed by atoms with Crippen molar-refractivity contribution in [3.63, 3.8) is 0 Å². The van der Waals surface area contributed by atoms with E-state index in [0.717, 1.165) is 0 Å². The molecule has 1 amide bonds. The van der Waals surface area contributed by atoms with E-state index in [9.17, 15) is 9.59 Å². The number of ether oxygens (including phenoxy) is 2. The van der Waals surface area contributed by atoms with Crippen LogP contribution in [0.4, 0.5) is 4.79 Å². The molecule has 5 nitrogen and oxygen atoms in total. The van der Waals surface area contributed by atoms with Crippen molar-refractivity contribution < 1.29 is 19.1 Å². The summed E-state index contributed by atoms with van der Waals surface area (Å²) < 4.78 is 9.64. The predicted octanol–water partition coefficient (Wildman–Crippen LogP) is 1.37. The van der Waals surface area contributed by atoms with Gasteiger partial charge in [-0.3, -0.25) is 9.69 Å². The number of rotatable bonds is 1. The molecule has 1 rings (SSSR count). The summed E-state index contributed by atoms with van der Waals surface area (Å²) in [6.07, 6.45) is -0.409. The molecule has 0 aliphatic carbocycles. The Balaban J connectivity index is 2.69. The Bertz CT molecular complexity index is 269. The fraction of sp³-hybridized carbons (Fsp3) is 0.800. The average molecular weight is 215 g/mol. The fourth-order valence-corrected chi connectivity index (χ4v) is 1.47. The second kappa shape index (κ2) is 4.08. The molecule has 1 saturated heterocycles. The van der Waals surface area contributed by atoms with E-state index < -0.39 is 12.3 Å². The lowest BCUT2D eigenvalue weighted by atomic mass is 9.91. The lowest BCUT2D eigenvalue weighted by Gasteiger charge is -2.26. The minimum Gasteiger partial charge on any atom is -0.453 e. The molecule has 15 heavy (non-hydrogen) atoms. The summed E-state index contributed by atoms with van der Waals surface area (Å²) in [6, 6.07) is 0. The number of carbonyl (C=O) groups is 2. The Morgan fingerprint density at radius 3 is 2.67 bits per heavy atom. The standard InChI is InChI=1S/C10H17NO4/c1-10(2,3)5-7-11(9(13)14-4)6-8(12)15-7/h7H,5-6H2,1-4H3. The van der Waals surface area contributed by atoms with E-state index in [1.165, 1.54) is 12.0 Å². The maximum absolute atomic E-state index is 11.3. The van der Waals surface area contributed by atoms with Crippen molar-refractivity contribution in [3.05, 3.63) is 0 Å². The summed E-state index contributed by atoms with van der Waals surface area (Å²) in [5.41, 5.74) is -0.0123. The van der Waals surface area contributed by atoms with E-state index in [1.54, 1.807) is 0 Å². The molecule has 86 valence electrons. The highest BCUT2D eigenvalue weighted by Crippen LogP contribution is 2.27. The number of esters is 1. The van der Waals surface area contributed by atoms with E-state index in [1.807, 2.05) is 20.8 Å². The summed E-state index contributed by atoms with van der Waals surface area (Å²) in [4.78, 5) is 23.7. The largest absolute Gasteiger partial charge is 0.453 e. The van der Waals surface area contributed by atoms with Gasteiger partial charge in [-0.05, 0) is 5.41 Å². The molecule has 0 bridgehead atoms. The molecule has 5 heteroatoms. The molecular weight excluding hydrogens is 198 g/mol. The van der Waals surface area contributed by atoms with Crippen molar-refractivity contribution in [1.29, 1.82) is 0 Å². The van der Waals surface area contributed by atoms with Crippen LogP contribution < -0.4 is 0 Å². The monoisotopic (exact) mass is 215 g/mol. The zero-order valence-electron chi connectivity index (χ0n) is 9.57. The summed E-state index contributed by atoms with van der Waals surface area (Å²) in [6.45, 7) is 6.05. The van der Waals surface area contributed by atoms with Crippen LogP contribution in [0.25, 0.3) is 0 Å². The van der Waals surface area contributed by atoms with Crippen molar-refractivity contribution in [2.24, 2.45) is 5.41 Å². The van der Waals surface area contributed by atoms with E-state index in [0.29, 0.717) is 6.42 Å². The zero-order chi connectivity index (χ0) is 11.6. The Morgan fingerprint density at radius 1 is 1.60 bits per heavy atom. The van der Waals surface area contributed by atoms with Crippen LogP contribution in [-0.4, -0.2) is 36.8 Å². The third-order valence-corrected chi connectivity index (χ3v) is 2.11. The van der Waals surface area contributed by atoms with Gasteiger partial charge in [0.25, 0.3) is 0 Å². The molecule has 1 atom stereocenters. The van der Waals surface area contributed by atoms with Crippen molar-refractivity contribution in [2.75, 3.05) is 13.7 Å². The molecule has 1 fully saturated rings. The van der Waals surface area contributed by atoms with Crippen molar-refractivity contribution in [3.8, 4) is 0 Å². The van der Waals surface area contributed by atoms with Crippen molar-refractivity contribution in [1.82, 2.24) is 4.90 Å². The Kier molecular flexibility index (Phi) is 3.21. The highest BCUT2D eigenvalue weighted by atomic mass is 16.6. The van der Waals surface area contributed by atoms with Crippen molar-refractivity contribution in [2.45, 2.75) is 33.4 Å². The van der Waals surface area contributed by atoms with Gasteiger partial charge in [0.05, 0.1) is 7.11 Å². The summed E-state index contributed by atoms with van der Waals surface area (Å²) >= 11 is 0. The van der Waals surface area contributed by atoms with E-state index >= 15 is 0 Å². The van der Waals surface area contributed by atoms with Crippen LogP contribution in [-0.2, 0) is 14.3 Å². The van der Waals surface area contributed by atoms with E-state index in [2.05, 4.69) is 4.74 Å². The van der Waals surface area contributed by atoms with Gasteiger partial charge < -0.3 is 9.47 Å². The predicted molar refractivity (Wildman–Crippen MR) is 53.1 cm³/mol. The minimum atomic E-state index is -0.518. The van der Waals surface area contributed by atoms with Gasteiger partial charge in [-0.1, -0.05) is 20.8 Å². The molecule has 1 aliphatic heterocycles. The van der Waals surface area contributed by atoms with Crippen LogP contribution in [0.15, 0.2) is 0 Å². The molecule has 1 heterocycles. The fourth-order valence-electron chi connectivity index (χ4n) is 1.47. The maximum Gasteiger partial charge on any atom is 0.412 e. The van der Waals surface area contributed by atoms with E-state index in [4.69, 9.17) is 4.74 Å². The van der Waals surface area contributed by atoms with Gasteiger partial charge in [0.15, 0.2) is 6.23 Å². The lowest BCUT2D eigenvalue weighted by Crippen LogP contribution is -2.38. The first-order valence-corrected chi connectivity index (χ1v) is 4.87. The van der Waals surface area contributed by atoms with Gasteiger partial charge >= 0.3 is 12.1 Å². The van der Waals surface area contributed by atoms with Gasteiger partial charge in [0.2, 0.25) is 0 Å². The highest BCUT2D eigenvalue weighted by molar-refractivity contribution is 5.81. The molecule has 0 aromatic heterocycles. The molecule has 0 aromatic rings. The molecule has 1 aliphatic rings. The number of cyclic esters (lactones) is 1. The van der Waals surface area contributed by atoms with Gasteiger partial charge in [0.1, 0.15) is 6.54 Å². The summed E-state index contributed by atoms with van der Waals surface area (Å²) in [5, 5.41) is 0. The van der Waals surface area contributed by atoms with Crippen LogP contribution in [0.1, 0.15) is 27.2 Å². The molecule has 0 spiro atoms. The second-order valence-corrected chi connectivity index (χ2v) is 4.81. The average Bonchev–Trinajstić information content (AvgIpc) is 2.42. The number of hydrogen-bond donors (Lipinski definition) is 0. The first kappa shape index (κ1) is 11.8. The first-order chi connectivity index (χ1) is 6.83. The number of hydrogen-bond acceptors (Lipinski definition) is 4. The van der Waals surface area contributed by atoms with Gasteiger partial charge in [-0.15, -0.1) is 0 Å². The molecule has 0 N–H and O–H groups in total. The molecule has 0 saturated carbocycles. The molecular formula is C10H17NO4.